The maximum atomic E-state index is 12.7. The van der Waals surface area contributed by atoms with Crippen molar-refractivity contribution >= 4 is 44.9 Å². The van der Waals surface area contributed by atoms with Crippen LogP contribution in [0.25, 0.3) is 0 Å². The molecule has 0 atom stereocenters. The highest BCUT2D eigenvalue weighted by molar-refractivity contribution is 7.91. The Hall–Kier alpha value is -2.34. The zero-order chi connectivity index (χ0) is 18.7. The molecule has 0 bridgehead atoms. The minimum atomic E-state index is -3.76. The topological polar surface area (TPSA) is 66.7 Å². The highest BCUT2D eigenvalue weighted by atomic mass is 35.5. The second kappa shape index (κ2) is 7.50. The predicted octanol–water partition coefficient (Wildman–Crippen LogP) is 5.28. The third-order valence-corrected chi connectivity index (χ3v) is 6.12. The summed E-state index contributed by atoms with van der Waals surface area (Å²) in [7, 11) is -3.76. The van der Waals surface area contributed by atoms with Crippen molar-refractivity contribution in [1.29, 1.82) is 0 Å². The molecule has 0 radical (unpaired) electrons. The summed E-state index contributed by atoms with van der Waals surface area (Å²) >= 11 is 12.0. The van der Waals surface area contributed by atoms with Gasteiger partial charge in [-0.15, -0.1) is 0 Å². The Morgan fingerprint density at radius 3 is 2.27 bits per heavy atom. The molecule has 1 N–H and O–H groups in total. The van der Waals surface area contributed by atoms with Crippen LogP contribution in [-0.4, -0.2) is 19.7 Å². The number of para-hydroxylation sites is 1. The molecule has 0 aliphatic rings. The van der Waals surface area contributed by atoms with Gasteiger partial charge < -0.3 is 5.11 Å². The van der Waals surface area contributed by atoms with Gasteiger partial charge >= 0.3 is 0 Å². The van der Waals surface area contributed by atoms with E-state index in [-0.39, 0.29) is 20.6 Å². The van der Waals surface area contributed by atoms with Gasteiger partial charge in [0.15, 0.2) is 0 Å². The van der Waals surface area contributed by atoms with Gasteiger partial charge in [-0.25, -0.2) is 8.42 Å². The summed E-state index contributed by atoms with van der Waals surface area (Å²) < 4.78 is 25.4. The Balaban J connectivity index is 1.92. The molecule has 0 unspecified atom stereocenters. The number of phenols is 1. The lowest BCUT2D eigenvalue weighted by molar-refractivity contribution is 0.474. The monoisotopic (exact) mass is 405 g/mol. The Morgan fingerprint density at radius 1 is 0.923 bits per heavy atom. The van der Waals surface area contributed by atoms with E-state index in [0.717, 1.165) is 0 Å². The lowest BCUT2D eigenvalue weighted by Crippen LogP contribution is -2.02. The number of hydrogen-bond donors (Lipinski definition) is 1. The summed E-state index contributed by atoms with van der Waals surface area (Å²) in [5.74, 6) is 0.101. The van der Waals surface area contributed by atoms with Crippen molar-refractivity contribution < 1.29 is 13.5 Å². The van der Waals surface area contributed by atoms with E-state index in [9.17, 15) is 13.5 Å². The van der Waals surface area contributed by atoms with E-state index >= 15 is 0 Å². The predicted molar refractivity (Wildman–Crippen MR) is 104 cm³/mol. The highest BCUT2D eigenvalue weighted by Gasteiger charge is 2.21. The van der Waals surface area contributed by atoms with E-state index < -0.39 is 9.84 Å². The second-order valence-corrected chi connectivity index (χ2v) is 8.15. The largest absolute Gasteiger partial charge is 0.507 e. The highest BCUT2D eigenvalue weighted by Crippen LogP contribution is 2.31. The van der Waals surface area contributed by atoms with Crippen LogP contribution < -0.4 is 0 Å². The Morgan fingerprint density at radius 2 is 1.62 bits per heavy atom. The van der Waals surface area contributed by atoms with Gasteiger partial charge in [0, 0.05) is 16.8 Å². The summed E-state index contributed by atoms with van der Waals surface area (Å²) in [5.41, 5.74) is 1.01. The zero-order valence-electron chi connectivity index (χ0n) is 13.3. The summed E-state index contributed by atoms with van der Waals surface area (Å²) in [6.45, 7) is 0. The first-order valence-electron chi connectivity index (χ1n) is 7.50. The lowest BCUT2D eigenvalue weighted by Gasteiger charge is -2.07. The average Bonchev–Trinajstić information content (AvgIpc) is 2.61. The molecule has 0 aromatic heterocycles. The van der Waals surface area contributed by atoms with Crippen molar-refractivity contribution in [3.8, 4) is 5.75 Å². The maximum absolute atomic E-state index is 12.7. The van der Waals surface area contributed by atoms with E-state index in [4.69, 9.17) is 23.2 Å². The molecule has 0 saturated heterocycles. The minimum Gasteiger partial charge on any atom is -0.507 e. The minimum absolute atomic E-state index is 0.0111. The summed E-state index contributed by atoms with van der Waals surface area (Å²) in [5, 5.41) is 10.2. The van der Waals surface area contributed by atoms with Crippen molar-refractivity contribution in [3.63, 3.8) is 0 Å². The average molecular weight is 406 g/mol. The number of hydrogen-bond acceptors (Lipinski definition) is 4. The van der Waals surface area contributed by atoms with Gasteiger partial charge in [-0.1, -0.05) is 35.3 Å². The van der Waals surface area contributed by atoms with E-state index in [1.165, 1.54) is 42.6 Å². The van der Waals surface area contributed by atoms with Crippen LogP contribution in [0.2, 0.25) is 10.0 Å². The molecule has 7 heteroatoms. The normalized spacial score (nSPS) is 11.8. The molecule has 0 fully saturated rings. The Labute approximate surface area is 161 Å². The molecule has 0 spiro atoms. The smallest absolute Gasteiger partial charge is 0.208 e. The number of phenolic OH excluding ortho intramolecular Hbond substituents is 1. The van der Waals surface area contributed by atoms with E-state index in [0.29, 0.717) is 16.3 Å². The number of rotatable bonds is 4. The fourth-order valence-electron chi connectivity index (χ4n) is 2.27. The molecule has 3 aromatic carbocycles. The van der Waals surface area contributed by atoms with Crippen LogP contribution in [0, 0.1) is 0 Å². The Kier molecular flexibility index (Phi) is 5.32. The molecular formula is C19H13Cl2NO3S. The van der Waals surface area contributed by atoms with Crippen LogP contribution in [0.1, 0.15) is 5.56 Å². The van der Waals surface area contributed by atoms with Crippen molar-refractivity contribution in [2.24, 2.45) is 4.99 Å². The fourth-order valence-corrected chi connectivity index (χ4v) is 4.19. The van der Waals surface area contributed by atoms with Gasteiger partial charge in [0.05, 0.1) is 20.5 Å². The van der Waals surface area contributed by atoms with Crippen molar-refractivity contribution in [3.05, 3.63) is 82.3 Å². The van der Waals surface area contributed by atoms with E-state index in [2.05, 4.69) is 4.99 Å². The molecule has 0 heterocycles. The van der Waals surface area contributed by atoms with E-state index in [1.807, 2.05) is 0 Å². The fraction of sp³-hybridized carbons (Fsp3) is 0. The van der Waals surface area contributed by atoms with Crippen LogP contribution in [0.4, 0.5) is 5.69 Å². The van der Waals surface area contributed by atoms with Crippen LogP contribution in [-0.2, 0) is 9.84 Å². The lowest BCUT2D eigenvalue weighted by atomic mass is 10.2. The van der Waals surface area contributed by atoms with Crippen molar-refractivity contribution in [2.75, 3.05) is 0 Å². The van der Waals surface area contributed by atoms with Crippen LogP contribution >= 0.6 is 23.2 Å². The number of halogens is 2. The van der Waals surface area contributed by atoms with Gasteiger partial charge in [0.2, 0.25) is 9.84 Å². The van der Waals surface area contributed by atoms with Gasteiger partial charge in [0.25, 0.3) is 0 Å². The quantitative estimate of drug-likeness (QED) is 0.600. The van der Waals surface area contributed by atoms with Crippen LogP contribution in [0.15, 0.2) is 81.5 Å². The number of aliphatic imine (C=N–C) groups is 1. The standard InChI is InChI=1S/C19H13Cl2NO3S/c20-14-5-8-16(9-6-14)26(24,25)19-10-7-15(11-17(19)21)22-12-13-3-1-2-4-18(13)23/h1-12,23H. The second-order valence-electron chi connectivity index (χ2n) is 5.39. The van der Waals surface area contributed by atoms with Crippen molar-refractivity contribution in [2.45, 2.75) is 9.79 Å². The van der Waals surface area contributed by atoms with Gasteiger partial charge in [-0.05, 0) is 54.6 Å². The molecule has 3 aromatic rings. The van der Waals surface area contributed by atoms with Crippen LogP contribution in [0.5, 0.6) is 5.75 Å². The van der Waals surface area contributed by atoms with Gasteiger partial charge in [-0.3, -0.25) is 4.99 Å². The number of nitrogens with zero attached hydrogens (tertiary/aromatic N) is 1. The third kappa shape index (κ3) is 3.90. The first-order chi connectivity index (χ1) is 12.4. The summed E-state index contributed by atoms with van der Waals surface area (Å²) in [4.78, 5) is 4.32. The molecule has 26 heavy (non-hydrogen) atoms. The molecular weight excluding hydrogens is 393 g/mol. The maximum Gasteiger partial charge on any atom is 0.208 e. The Bertz CT molecular complexity index is 1080. The SMILES string of the molecule is O=S(=O)(c1ccc(Cl)cc1)c1ccc(N=Cc2ccccc2O)cc1Cl. The zero-order valence-corrected chi connectivity index (χ0v) is 15.6. The molecule has 0 aliphatic carbocycles. The summed E-state index contributed by atoms with van der Waals surface area (Å²) in [6.07, 6.45) is 1.48. The van der Waals surface area contributed by atoms with Gasteiger partial charge in [0.1, 0.15) is 5.75 Å². The molecule has 3 rings (SSSR count). The number of sulfone groups is 1. The summed E-state index contributed by atoms with van der Waals surface area (Å²) in [6, 6.07) is 17.0. The number of aromatic hydroxyl groups is 1. The first-order valence-corrected chi connectivity index (χ1v) is 9.74. The van der Waals surface area contributed by atoms with Crippen LogP contribution in [0.3, 0.4) is 0 Å². The number of benzene rings is 3. The first kappa shape index (κ1) is 18.5. The van der Waals surface area contributed by atoms with Gasteiger partial charge in [-0.2, -0.15) is 0 Å². The molecule has 0 amide bonds. The van der Waals surface area contributed by atoms with Crippen molar-refractivity contribution in [1.82, 2.24) is 0 Å². The molecule has 0 saturated carbocycles. The molecule has 4 nitrogen and oxygen atoms in total. The molecule has 132 valence electrons. The third-order valence-electron chi connectivity index (χ3n) is 3.62. The van der Waals surface area contributed by atoms with E-state index in [1.54, 1.807) is 30.3 Å². The molecule has 0 aliphatic heterocycles.